The smallest absolute Gasteiger partial charge is 0.315 e. The van der Waals surface area contributed by atoms with E-state index in [2.05, 4.69) is 35.4 Å². The third-order valence-corrected chi connectivity index (χ3v) is 5.36. The molecule has 0 radical (unpaired) electrons. The van der Waals surface area contributed by atoms with Gasteiger partial charge in [0.05, 0.1) is 25.2 Å². The van der Waals surface area contributed by atoms with Gasteiger partial charge in [-0.1, -0.05) is 11.6 Å². The van der Waals surface area contributed by atoms with Crippen LogP contribution in [-0.2, 0) is 12.8 Å². The fourth-order valence-corrected chi connectivity index (χ4v) is 4.09. The molecule has 29 heavy (non-hydrogen) atoms. The highest BCUT2D eigenvalue weighted by Gasteiger charge is 2.27. The fourth-order valence-electron chi connectivity index (χ4n) is 4.09. The molecule has 1 aliphatic heterocycles. The van der Waals surface area contributed by atoms with E-state index in [1.165, 1.54) is 30.7 Å². The highest BCUT2D eigenvalue weighted by atomic mass is 35.5. The molecule has 7 nitrogen and oxygen atoms in total. The zero-order chi connectivity index (χ0) is 19.8. The molecule has 1 atom stereocenters. The van der Waals surface area contributed by atoms with E-state index in [0.29, 0.717) is 12.2 Å². The van der Waals surface area contributed by atoms with Gasteiger partial charge in [-0.3, -0.25) is 10.1 Å². The summed E-state index contributed by atoms with van der Waals surface area (Å²) in [6, 6.07) is 9.87. The van der Waals surface area contributed by atoms with Crippen molar-refractivity contribution in [2.24, 2.45) is 0 Å². The Kier molecular flexibility index (Phi) is 6.00. The van der Waals surface area contributed by atoms with Crippen molar-refractivity contribution in [3.8, 4) is 11.5 Å². The first-order valence-electron chi connectivity index (χ1n) is 9.25. The van der Waals surface area contributed by atoms with E-state index in [9.17, 15) is 10.1 Å². The maximum atomic E-state index is 11.5. The van der Waals surface area contributed by atoms with Crippen LogP contribution in [0.5, 0.6) is 11.5 Å². The van der Waals surface area contributed by atoms with Crippen molar-refractivity contribution in [2.75, 3.05) is 20.8 Å². The van der Waals surface area contributed by atoms with Crippen molar-refractivity contribution >= 4 is 29.0 Å². The molecular formula is C21H24ClN3O4. The Morgan fingerprint density at radius 1 is 1.21 bits per heavy atom. The molecule has 0 amide bonds. The van der Waals surface area contributed by atoms with Crippen LogP contribution in [0, 0.1) is 17.0 Å². The van der Waals surface area contributed by atoms with Gasteiger partial charge in [-0.2, -0.15) is 0 Å². The fraction of sp³-hybridized carbons (Fsp3) is 0.333. The number of ether oxygens (including phenoxy) is 2. The molecule has 0 spiro atoms. The quantitative estimate of drug-likeness (QED) is 0.478. The van der Waals surface area contributed by atoms with E-state index in [4.69, 9.17) is 9.47 Å². The van der Waals surface area contributed by atoms with Gasteiger partial charge in [0.25, 0.3) is 0 Å². The lowest BCUT2D eigenvalue weighted by molar-refractivity contribution is -0.385. The summed E-state index contributed by atoms with van der Waals surface area (Å²) < 4.78 is 10.5. The Hall–Kier alpha value is -2.77. The standard InChI is InChI=1S/C21H23N3O4.ClH/c1-12-4-5-16-15(8-12)14-6-7-22-17(20(14)23-16)9-13-10-18(24(25)26)21(28-3)19(11-13)27-2;/h4-5,8,10-11,17,22-23H,6-7,9H2,1-3H3;1H. The number of benzene rings is 2. The van der Waals surface area contributed by atoms with Crippen molar-refractivity contribution in [1.29, 1.82) is 0 Å². The lowest BCUT2D eigenvalue weighted by Gasteiger charge is -2.25. The molecule has 1 unspecified atom stereocenters. The molecule has 4 rings (SSSR count). The minimum atomic E-state index is -0.434. The molecule has 1 aromatic heterocycles. The minimum Gasteiger partial charge on any atom is -0.493 e. The number of hydrogen-bond donors (Lipinski definition) is 2. The second-order valence-corrected chi connectivity index (χ2v) is 7.13. The Morgan fingerprint density at radius 3 is 2.69 bits per heavy atom. The van der Waals surface area contributed by atoms with Crippen LogP contribution >= 0.6 is 12.4 Å². The second kappa shape index (κ2) is 8.31. The van der Waals surface area contributed by atoms with Crippen molar-refractivity contribution in [2.45, 2.75) is 25.8 Å². The van der Waals surface area contributed by atoms with Crippen LogP contribution in [-0.4, -0.2) is 30.7 Å². The molecule has 2 aromatic carbocycles. The van der Waals surface area contributed by atoms with E-state index < -0.39 is 4.92 Å². The van der Waals surface area contributed by atoms with Crippen LogP contribution in [0.2, 0.25) is 0 Å². The number of nitrogens with one attached hydrogen (secondary N) is 2. The maximum absolute atomic E-state index is 11.5. The van der Waals surface area contributed by atoms with E-state index >= 15 is 0 Å². The Balaban J connectivity index is 0.00000240. The number of methoxy groups -OCH3 is 2. The van der Waals surface area contributed by atoms with Gasteiger partial charge in [0, 0.05) is 22.7 Å². The van der Waals surface area contributed by atoms with Gasteiger partial charge < -0.3 is 19.8 Å². The largest absolute Gasteiger partial charge is 0.493 e. The first-order chi connectivity index (χ1) is 13.5. The molecule has 154 valence electrons. The molecule has 0 saturated heterocycles. The van der Waals surface area contributed by atoms with Crippen molar-refractivity contribution in [3.05, 3.63) is 62.8 Å². The number of rotatable bonds is 5. The number of aromatic nitrogens is 1. The molecule has 0 bridgehead atoms. The predicted molar refractivity (Wildman–Crippen MR) is 115 cm³/mol. The number of nitro groups is 1. The van der Waals surface area contributed by atoms with Crippen molar-refractivity contribution in [1.82, 2.24) is 10.3 Å². The van der Waals surface area contributed by atoms with Crippen LogP contribution in [0.15, 0.2) is 30.3 Å². The second-order valence-electron chi connectivity index (χ2n) is 7.13. The number of hydrogen-bond acceptors (Lipinski definition) is 5. The first kappa shape index (κ1) is 21.0. The number of nitrogens with zero attached hydrogens (tertiary/aromatic N) is 1. The summed E-state index contributed by atoms with van der Waals surface area (Å²) in [7, 11) is 2.90. The lowest BCUT2D eigenvalue weighted by Crippen LogP contribution is -2.31. The molecule has 0 fully saturated rings. The van der Waals surface area contributed by atoms with E-state index in [1.807, 2.05) is 6.07 Å². The summed E-state index contributed by atoms with van der Waals surface area (Å²) >= 11 is 0. The van der Waals surface area contributed by atoms with Crippen LogP contribution in [0.3, 0.4) is 0 Å². The molecule has 0 saturated carbocycles. The highest BCUT2D eigenvalue weighted by molar-refractivity contribution is 5.86. The summed E-state index contributed by atoms with van der Waals surface area (Å²) in [6.45, 7) is 2.97. The molecular weight excluding hydrogens is 394 g/mol. The Labute approximate surface area is 175 Å². The van der Waals surface area contributed by atoms with Gasteiger partial charge >= 0.3 is 5.69 Å². The monoisotopic (exact) mass is 417 g/mol. The van der Waals surface area contributed by atoms with Crippen LogP contribution < -0.4 is 14.8 Å². The lowest BCUT2D eigenvalue weighted by atomic mass is 9.94. The summed E-state index contributed by atoms with van der Waals surface area (Å²) in [5.74, 6) is 0.518. The molecule has 2 heterocycles. The third kappa shape index (κ3) is 3.75. The van der Waals surface area contributed by atoms with Gasteiger partial charge in [-0.15, -0.1) is 12.4 Å². The van der Waals surface area contributed by atoms with Crippen molar-refractivity contribution in [3.63, 3.8) is 0 Å². The number of halogens is 1. The molecule has 0 aliphatic carbocycles. The van der Waals surface area contributed by atoms with E-state index in [1.54, 1.807) is 6.07 Å². The van der Waals surface area contributed by atoms with Crippen molar-refractivity contribution < 1.29 is 14.4 Å². The third-order valence-electron chi connectivity index (χ3n) is 5.36. The number of fused-ring (bicyclic) bond motifs is 3. The highest BCUT2D eigenvalue weighted by Crippen LogP contribution is 2.39. The van der Waals surface area contributed by atoms with E-state index in [0.717, 1.165) is 29.7 Å². The predicted octanol–water partition coefficient (Wildman–Crippen LogP) is 4.25. The van der Waals surface area contributed by atoms with Gasteiger partial charge in [0.15, 0.2) is 5.75 Å². The molecule has 1 aliphatic rings. The number of aromatic amines is 1. The normalized spacial score (nSPS) is 15.5. The SMILES string of the molecule is COc1cc(CC2NCCc3c2[nH]c2ccc(C)cc32)cc([N+](=O)[O-])c1OC.Cl. The first-order valence-corrected chi connectivity index (χ1v) is 9.25. The topological polar surface area (TPSA) is 89.4 Å². The zero-order valence-electron chi connectivity index (χ0n) is 16.6. The summed E-state index contributed by atoms with van der Waals surface area (Å²) in [5, 5.41) is 16.3. The maximum Gasteiger partial charge on any atom is 0.315 e. The molecule has 2 N–H and O–H groups in total. The Bertz CT molecular complexity index is 1060. The van der Waals surface area contributed by atoms with Crippen LogP contribution in [0.4, 0.5) is 5.69 Å². The molecule has 3 aromatic rings. The van der Waals surface area contributed by atoms with Crippen LogP contribution in [0.1, 0.15) is 28.4 Å². The number of nitro benzene ring substituents is 1. The number of H-pyrrole nitrogens is 1. The average Bonchev–Trinajstić information content (AvgIpc) is 3.06. The summed E-state index contributed by atoms with van der Waals surface area (Å²) in [6.07, 6.45) is 1.57. The average molecular weight is 418 g/mol. The zero-order valence-corrected chi connectivity index (χ0v) is 17.4. The number of aryl methyl sites for hydroxylation is 1. The summed E-state index contributed by atoms with van der Waals surface area (Å²) in [4.78, 5) is 14.6. The molecule has 8 heteroatoms. The van der Waals surface area contributed by atoms with Crippen LogP contribution in [0.25, 0.3) is 10.9 Å². The summed E-state index contributed by atoms with van der Waals surface area (Å²) in [5.41, 5.74) is 5.59. The van der Waals surface area contributed by atoms with Gasteiger partial charge in [0.1, 0.15) is 0 Å². The van der Waals surface area contributed by atoms with Gasteiger partial charge in [-0.05, 0) is 55.6 Å². The van der Waals surface area contributed by atoms with E-state index in [-0.39, 0.29) is 29.9 Å². The Morgan fingerprint density at radius 2 is 2.00 bits per heavy atom. The van der Waals surface area contributed by atoms with Gasteiger partial charge in [0.2, 0.25) is 5.75 Å². The minimum absolute atomic E-state index is 0. The van der Waals surface area contributed by atoms with Gasteiger partial charge in [-0.25, -0.2) is 0 Å².